The molecule has 2 fully saturated rings. The number of ether oxygens (including phenoxy) is 2. The number of aromatic nitrogens is 8. The second-order valence-corrected chi connectivity index (χ2v) is 10.6. The maximum atomic E-state index is 12.1. The van der Waals surface area contributed by atoms with Crippen LogP contribution in [-0.4, -0.2) is 108 Å². The lowest BCUT2D eigenvalue weighted by Crippen LogP contribution is -2.25. The minimum Gasteiger partial charge on any atom is -0.394 e. The van der Waals surface area contributed by atoms with E-state index in [0.717, 1.165) is 0 Å². The Morgan fingerprint density at radius 2 is 1.42 bits per heavy atom. The van der Waals surface area contributed by atoms with Crippen molar-refractivity contribution in [2.24, 2.45) is 0 Å². The van der Waals surface area contributed by atoms with E-state index < -0.39 is 24.7 Å². The van der Waals surface area contributed by atoms with Gasteiger partial charge in [0.15, 0.2) is 22.3 Å². The number of nitrogens with zero attached hydrogens (tertiary/aromatic N) is 7. The first-order valence-corrected chi connectivity index (χ1v) is 14.2. The standard InChI is InChI=1S/C12H18N5O4P.C11H16N5O4P/c1-16(2)12-14-10-9(11(19)15-12)13-5-17(10)8-3-6(21-22)7(4-18)20-8;1-12-11-14-9-8(10(18)15-11)13-4-16(9)7-2-5(20-21)6(3-17)19-7/h5-8,18H,3-4,22H2,1-2H3,(H,14,15,19);4-7,17H,2-3,21H2,1H3,(H2,12,14,15,18)/t6-,7-,8-;5-,6-,7-/m11/s1. The van der Waals surface area contributed by atoms with Crippen LogP contribution < -0.4 is 21.3 Å². The molecule has 0 amide bonds. The third kappa shape index (κ3) is 6.14. The Balaban J connectivity index is 0.000000171. The minimum absolute atomic E-state index is 0.140. The van der Waals surface area contributed by atoms with Gasteiger partial charge in [0, 0.05) is 52.9 Å². The maximum absolute atomic E-state index is 12.1. The molecule has 18 nitrogen and oxygen atoms in total. The van der Waals surface area contributed by atoms with E-state index in [1.165, 1.54) is 12.7 Å². The van der Waals surface area contributed by atoms with Crippen molar-refractivity contribution >= 4 is 53.2 Å². The fourth-order valence-electron chi connectivity index (χ4n) is 4.95. The Hall–Kier alpha value is -3.08. The fraction of sp³-hybridized carbons (Fsp3) is 0.565. The van der Waals surface area contributed by atoms with Crippen LogP contribution in [0, 0.1) is 0 Å². The summed E-state index contributed by atoms with van der Waals surface area (Å²) in [6.45, 7) is -0.281. The molecule has 6 heterocycles. The molecule has 8 atom stereocenters. The summed E-state index contributed by atoms with van der Waals surface area (Å²) in [5.74, 6) is 0.791. The summed E-state index contributed by atoms with van der Waals surface area (Å²) in [7, 11) is 9.61. The molecule has 2 aliphatic heterocycles. The maximum Gasteiger partial charge on any atom is 0.280 e. The lowest BCUT2D eigenvalue weighted by Gasteiger charge is -2.15. The van der Waals surface area contributed by atoms with Gasteiger partial charge in [-0.15, -0.1) is 0 Å². The number of aliphatic hydroxyl groups is 2. The Labute approximate surface area is 248 Å². The van der Waals surface area contributed by atoms with E-state index in [1.54, 1.807) is 35.2 Å². The Kier molecular flexibility index (Phi) is 9.68. The van der Waals surface area contributed by atoms with Gasteiger partial charge >= 0.3 is 0 Å². The highest BCUT2D eigenvalue weighted by Crippen LogP contribution is 2.34. The number of H-pyrrole nitrogens is 2. The monoisotopic (exact) mass is 640 g/mol. The van der Waals surface area contributed by atoms with Crippen LogP contribution in [0.3, 0.4) is 0 Å². The van der Waals surface area contributed by atoms with Crippen LogP contribution in [0.2, 0.25) is 0 Å². The fourth-order valence-corrected chi connectivity index (χ4v) is 5.52. The van der Waals surface area contributed by atoms with Crippen LogP contribution in [0.25, 0.3) is 22.3 Å². The van der Waals surface area contributed by atoms with Gasteiger partial charge in [-0.05, 0) is 0 Å². The van der Waals surface area contributed by atoms with Crippen LogP contribution in [0.5, 0.6) is 0 Å². The molecule has 0 spiro atoms. The molecule has 2 saturated heterocycles. The molecule has 43 heavy (non-hydrogen) atoms. The van der Waals surface area contributed by atoms with Gasteiger partial charge < -0.3 is 39.0 Å². The molecule has 6 rings (SSSR count). The number of nitrogens with one attached hydrogen (secondary N) is 3. The van der Waals surface area contributed by atoms with Gasteiger partial charge in [-0.2, -0.15) is 9.97 Å². The number of aromatic amines is 2. The Morgan fingerprint density at radius 1 is 0.930 bits per heavy atom. The molecule has 4 aromatic rings. The van der Waals surface area contributed by atoms with Crippen molar-refractivity contribution in [3.05, 3.63) is 33.4 Å². The summed E-state index contributed by atoms with van der Waals surface area (Å²) in [6, 6.07) is 0. The largest absolute Gasteiger partial charge is 0.394 e. The van der Waals surface area contributed by atoms with Crippen molar-refractivity contribution in [3.8, 4) is 0 Å². The molecule has 0 aromatic carbocycles. The number of anilines is 2. The summed E-state index contributed by atoms with van der Waals surface area (Å²) < 4.78 is 25.4. The third-order valence-electron chi connectivity index (χ3n) is 7.20. The predicted octanol–water partition coefficient (Wildman–Crippen LogP) is -0.743. The van der Waals surface area contributed by atoms with E-state index in [9.17, 15) is 19.8 Å². The minimum atomic E-state index is -0.421. The van der Waals surface area contributed by atoms with Crippen LogP contribution in [0.4, 0.5) is 11.9 Å². The van der Waals surface area contributed by atoms with Gasteiger partial charge in [0.2, 0.25) is 11.9 Å². The van der Waals surface area contributed by atoms with Gasteiger partial charge in [-0.1, -0.05) is 0 Å². The lowest BCUT2D eigenvalue weighted by atomic mass is 10.2. The van der Waals surface area contributed by atoms with Gasteiger partial charge in [-0.3, -0.25) is 28.7 Å². The van der Waals surface area contributed by atoms with E-state index in [0.29, 0.717) is 36.0 Å². The average Bonchev–Trinajstić information content (AvgIpc) is 3.80. The second-order valence-electron chi connectivity index (χ2n) is 10.0. The van der Waals surface area contributed by atoms with Gasteiger partial charge in [0.1, 0.15) is 24.7 Å². The molecule has 20 heteroatoms. The molecule has 5 N–H and O–H groups in total. The van der Waals surface area contributed by atoms with Crippen molar-refractivity contribution in [1.82, 2.24) is 39.0 Å². The normalized spacial score (nSPS) is 25.3. The Morgan fingerprint density at radius 3 is 1.84 bits per heavy atom. The van der Waals surface area contributed by atoms with Crippen LogP contribution >= 0.6 is 18.9 Å². The molecule has 4 aromatic heterocycles. The molecule has 0 bridgehead atoms. The van der Waals surface area contributed by atoms with Crippen molar-refractivity contribution in [2.75, 3.05) is 44.6 Å². The average molecular weight is 641 g/mol. The molecule has 0 radical (unpaired) electrons. The van der Waals surface area contributed by atoms with E-state index in [4.69, 9.17) is 18.5 Å². The van der Waals surface area contributed by atoms with E-state index in [2.05, 4.69) is 54.2 Å². The van der Waals surface area contributed by atoms with Crippen molar-refractivity contribution in [1.29, 1.82) is 0 Å². The molecule has 0 saturated carbocycles. The smallest absolute Gasteiger partial charge is 0.280 e. The first-order valence-electron chi connectivity index (χ1n) is 13.2. The molecule has 234 valence electrons. The van der Waals surface area contributed by atoms with Crippen LogP contribution in [-0.2, 0) is 18.5 Å². The summed E-state index contributed by atoms with van der Waals surface area (Å²) in [5.41, 5.74) is 0.743. The van der Waals surface area contributed by atoms with Crippen LogP contribution in [0.1, 0.15) is 25.3 Å². The number of rotatable bonds is 8. The summed E-state index contributed by atoms with van der Waals surface area (Å²) >= 11 is 0. The zero-order valence-corrected chi connectivity index (χ0v) is 25.9. The quantitative estimate of drug-likeness (QED) is 0.150. The number of aliphatic hydroxyl groups excluding tert-OH is 2. The van der Waals surface area contributed by atoms with Crippen molar-refractivity contribution in [3.63, 3.8) is 0 Å². The lowest BCUT2D eigenvalue weighted by molar-refractivity contribution is -0.0372. The molecule has 2 unspecified atom stereocenters. The van der Waals surface area contributed by atoms with E-state index >= 15 is 0 Å². The molecular weight excluding hydrogens is 606 g/mol. The number of hydrogen-bond acceptors (Lipinski definition) is 14. The highest BCUT2D eigenvalue weighted by atomic mass is 31.0. The number of imidazole rings is 2. The van der Waals surface area contributed by atoms with E-state index in [-0.39, 0.29) is 47.6 Å². The van der Waals surface area contributed by atoms with E-state index in [1.807, 2.05) is 0 Å². The summed E-state index contributed by atoms with van der Waals surface area (Å²) in [6.07, 6.45) is 1.99. The first-order chi connectivity index (χ1) is 20.7. The SMILES string of the molecule is CN(C)c1nc2c(ncn2[C@H]2C[C@@H](OP)[C@@H](CO)O2)c(=O)[nH]1.CNc1nc2c(ncn2[C@H]2C[C@@H](OP)[C@@H](CO)O2)c(=O)[nH]1. The van der Waals surface area contributed by atoms with Crippen molar-refractivity contribution in [2.45, 2.75) is 49.7 Å². The van der Waals surface area contributed by atoms with Crippen molar-refractivity contribution < 1.29 is 28.7 Å². The highest BCUT2D eigenvalue weighted by Gasteiger charge is 2.38. The zero-order valence-electron chi connectivity index (χ0n) is 23.6. The summed E-state index contributed by atoms with van der Waals surface area (Å²) in [4.78, 5) is 47.9. The van der Waals surface area contributed by atoms with Gasteiger partial charge in [-0.25, -0.2) is 9.97 Å². The van der Waals surface area contributed by atoms with Crippen LogP contribution in [0.15, 0.2) is 22.2 Å². The molecular formula is C23H34N10O8P2. The van der Waals surface area contributed by atoms with Gasteiger partial charge in [0.05, 0.1) is 38.1 Å². The molecule has 0 aliphatic carbocycles. The number of fused-ring (bicyclic) bond motifs is 2. The topological polar surface area (TPSA) is 220 Å². The van der Waals surface area contributed by atoms with Gasteiger partial charge in [0.25, 0.3) is 11.1 Å². The summed E-state index contributed by atoms with van der Waals surface area (Å²) in [5, 5.41) is 21.4. The zero-order chi connectivity index (χ0) is 30.8. The highest BCUT2D eigenvalue weighted by molar-refractivity contribution is 7.10. The Bertz CT molecular complexity index is 1650. The third-order valence-corrected chi connectivity index (χ3v) is 7.90. The first kappa shape index (κ1) is 31.3. The molecule has 2 aliphatic rings. The number of hydrogen-bond donors (Lipinski definition) is 5. The predicted molar refractivity (Wildman–Crippen MR) is 161 cm³/mol. The second kappa shape index (κ2) is 13.3.